The molecule has 10 heteroatoms. The predicted molar refractivity (Wildman–Crippen MR) is 85.2 cm³/mol. The second-order valence-electron chi connectivity index (χ2n) is 5.24. The van der Waals surface area contributed by atoms with Crippen molar-refractivity contribution >= 4 is 39.5 Å². The highest BCUT2D eigenvalue weighted by Crippen LogP contribution is 2.31. The lowest BCUT2D eigenvalue weighted by molar-refractivity contribution is 0.0393. The maximum atomic E-state index is 14.1. The number of aliphatic hydroxyl groups is 1. The molecule has 2 amide bonds. The van der Waals surface area contributed by atoms with Crippen LogP contribution in [-0.2, 0) is 0 Å². The van der Waals surface area contributed by atoms with Crippen LogP contribution < -0.4 is 0 Å². The van der Waals surface area contributed by atoms with Gasteiger partial charge in [-0.3, -0.25) is 4.79 Å². The third-order valence-electron chi connectivity index (χ3n) is 3.81. The van der Waals surface area contributed by atoms with E-state index in [1.54, 1.807) is 0 Å². The summed E-state index contributed by atoms with van der Waals surface area (Å²) in [5.41, 5.74) is -0.535. The monoisotopic (exact) mass is 426 g/mol. The molecule has 132 valence electrons. The van der Waals surface area contributed by atoms with Gasteiger partial charge in [0.2, 0.25) is 0 Å². The fraction of sp³-hybridized carbons (Fsp3) is 0.429. The van der Waals surface area contributed by atoms with Gasteiger partial charge < -0.3 is 20.0 Å². The average Bonchev–Trinajstić information content (AvgIpc) is 2.55. The second kappa shape index (κ2) is 7.62. The zero-order chi connectivity index (χ0) is 18.0. The summed E-state index contributed by atoms with van der Waals surface area (Å²) in [4.78, 5) is 26.0. The lowest BCUT2D eigenvalue weighted by Gasteiger charge is -2.40. The molecule has 1 aliphatic heterocycles. The molecule has 0 aromatic heterocycles. The van der Waals surface area contributed by atoms with Gasteiger partial charge >= 0.3 is 6.09 Å². The molecule has 1 aromatic rings. The number of aliphatic hydroxyl groups excluding tert-OH is 1. The fourth-order valence-electron chi connectivity index (χ4n) is 2.58. The van der Waals surface area contributed by atoms with Crippen LogP contribution in [0.2, 0.25) is 5.02 Å². The largest absolute Gasteiger partial charge is 0.465 e. The van der Waals surface area contributed by atoms with Gasteiger partial charge in [0, 0.05) is 26.2 Å². The van der Waals surface area contributed by atoms with Gasteiger partial charge in [-0.1, -0.05) is 11.6 Å². The minimum atomic E-state index is -1.33. The smallest absolute Gasteiger partial charge is 0.407 e. The van der Waals surface area contributed by atoms with Crippen molar-refractivity contribution in [3.05, 3.63) is 32.8 Å². The summed E-state index contributed by atoms with van der Waals surface area (Å²) in [6, 6.07) is 0.378. The summed E-state index contributed by atoms with van der Waals surface area (Å²) >= 11 is 8.58. The number of nitrogens with zero attached hydrogens (tertiary/aromatic N) is 2. The molecule has 0 radical (unpaired) electrons. The number of carbonyl (C=O) groups excluding carboxylic acids is 1. The summed E-state index contributed by atoms with van der Waals surface area (Å²) in [6.45, 7) is -0.252. The number of rotatable bonds is 3. The van der Waals surface area contributed by atoms with Gasteiger partial charge in [-0.2, -0.15) is 0 Å². The SMILES string of the molecule is O=C(O)N1CCN(C(=O)c2cc(Cl)c(Br)c(F)c2F)[C@@H](CCO)C1. The molecule has 1 saturated heterocycles. The molecule has 6 nitrogen and oxygen atoms in total. The first-order valence-electron chi connectivity index (χ1n) is 7.00. The van der Waals surface area contributed by atoms with Gasteiger partial charge in [-0.25, -0.2) is 13.6 Å². The Labute approximate surface area is 149 Å². The van der Waals surface area contributed by atoms with E-state index in [2.05, 4.69) is 15.9 Å². The molecule has 1 fully saturated rings. The lowest BCUT2D eigenvalue weighted by atomic mass is 10.1. The van der Waals surface area contributed by atoms with Crippen LogP contribution in [0, 0.1) is 11.6 Å². The number of hydrogen-bond donors (Lipinski definition) is 2. The first kappa shape index (κ1) is 18.9. The van der Waals surface area contributed by atoms with E-state index in [9.17, 15) is 18.4 Å². The molecule has 0 bridgehead atoms. The number of carboxylic acid groups (broad SMARTS) is 1. The molecule has 1 heterocycles. The molecule has 24 heavy (non-hydrogen) atoms. The summed E-state index contributed by atoms with van der Waals surface area (Å²) in [5.74, 6) is -3.40. The fourth-order valence-corrected chi connectivity index (χ4v) is 3.06. The highest BCUT2D eigenvalue weighted by atomic mass is 79.9. The zero-order valence-electron chi connectivity index (χ0n) is 12.3. The van der Waals surface area contributed by atoms with Crippen molar-refractivity contribution in [2.45, 2.75) is 12.5 Å². The van der Waals surface area contributed by atoms with Crippen molar-refractivity contribution in [3.8, 4) is 0 Å². The molecule has 2 rings (SSSR count). The van der Waals surface area contributed by atoms with E-state index in [1.165, 1.54) is 4.90 Å². The van der Waals surface area contributed by atoms with E-state index in [0.29, 0.717) is 0 Å². The molecule has 0 saturated carbocycles. The van der Waals surface area contributed by atoms with E-state index in [-0.39, 0.29) is 42.2 Å². The lowest BCUT2D eigenvalue weighted by Crippen LogP contribution is -2.56. The Kier molecular flexibility index (Phi) is 6.00. The summed E-state index contributed by atoms with van der Waals surface area (Å²) in [6.07, 6.45) is -1.03. The molecule has 0 aliphatic carbocycles. The molecule has 1 atom stereocenters. The number of piperazine rings is 1. The van der Waals surface area contributed by atoms with Crippen LogP contribution in [0.4, 0.5) is 13.6 Å². The first-order valence-corrected chi connectivity index (χ1v) is 8.17. The van der Waals surface area contributed by atoms with Crippen molar-refractivity contribution in [2.75, 3.05) is 26.2 Å². The summed E-state index contributed by atoms with van der Waals surface area (Å²) in [7, 11) is 0. The number of carbonyl (C=O) groups is 2. The molecule has 1 aliphatic rings. The molecule has 1 aromatic carbocycles. The number of benzene rings is 1. The Morgan fingerprint density at radius 2 is 2.00 bits per heavy atom. The van der Waals surface area contributed by atoms with Crippen LogP contribution in [0.1, 0.15) is 16.8 Å². The summed E-state index contributed by atoms with van der Waals surface area (Å²) < 4.78 is 27.6. The van der Waals surface area contributed by atoms with Crippen molar-refractivity contribution in [2.24, 2.45) is 0 Å². The van der Waals surface area contributed by atoms with Gasteiger partial charge in [-0.15, -0.1) is 0 Å². The first-order chi connectivity index (χ1) is 11.3. The topological polar surface area (TPSA) is 81.1 Å². The molecule has 2 N–H and O–H groups in total. The predicted octanol–water partition coefficient (Wildman–Crippen LogP) is 2.57. The number of halogens is 4. The Bertz CT molecular complexity index is 677. The second-order valence-corrected chi connectivity index (χ2v) is 6.44. The molecule has 0 unspecified atom stereocenters. The maximum Gasteiger partial charge on any atom is 0.407 e. The quantitative estimate of drug-likeness (QED) is 0.574. The van der Waals surface area contributed by atoms with E-state index < -0.39 is 35.2 Å². The van der Waals surface area contributed by atoms with Gasteiger partial charge in [0.15, 0.2) is 11.6 Å². The average molecular weight is 428 g/mol. The van der Waals surface area contributed by atoms with Gasteiger partial charge in [0.1, 0.15) is 0 Å². The highest BCUT2D eigenvalue weighted by molar-refractivity contribution is 9.10. The van der Waals surface area contributed by atoms with Crippen LogP contribution >= 0.6 is 27.5 Å². The van der Waals surface area contributed by atoms with E-state index in [1.807, 2.05) is 0 Å². The molecular formula is C14H14BrClF2N2O4. The Balaban J connectivity index is 2.33. The van der Waals surface area contributed by atoms with Crippen LogP contribution in [0.15, 0.2) is 10.5 Å². The van der Waals surface area contributed by atoms with Gasteiger partial charge in [0.25, 0.3) is 5.91 Å². The van der Waals surface area contributed by atoms with Crippen molar-refractivity contribution in [1.29, 1.82) is 0 Å². The number of hydrogen-bond acceptors (Lipinski definition) is 3. The third kappa shape index (κ3) is 3.62. The van der Waals surface area contributed by atoms with Crippen LogP contribution in [0.3, 0.4) is 0 Å². The normalized spacial score (nSPS) is 18.0. The van der Waals surface area contributed by atoms with E-state index >= 15 is 0 Å². The third-order valence-corrected chi connectivity index (χ3v) is 5.11. The summed E-state index contributed by atoms with van der Waals surface area (Å²) in [5, 5.41) is 18.0. The van der Waals surface area contributed by atoms with E-state index in [0.717, 1.165) is 11.0 Å². The zero-order valence-corrected chi connectivity index (χ0v) is 14.6. The van der Waals surface area contributed by atoms with Crippen LogP contribution in [-0.4, -0.2) is 64.3 Å². The Morgan fingerprint density at radius 3 is 2.58 bits per heavy atom. The maximum absolute atomic E-state index is 14.1. The van der Waals surface area contributed by atoms with Gasteiger partial charge in [-0.05, 0) is 28.4 Å². The number of amides is 2. The van der Waals surface area contributed by atoms with Crippen molar-refractivity contribution in [3.63, 3.8) is 0 Å². The Hall–Kier alpha value is -1.45. The molecule has 0 spiro atoms. The Morgan fingerprint density at radius 1 is 1.33 bits per heavy atom. The van der Waals surface area contributed by atoms with Crippen molar-refractivity contribution < 1.29 is 28.6 Å². The minimum Gasteiger partial charge on any atom is -0.465 e. The van der Waals surface area contributed by atoms with Crippen LogP contribution in [0.25, 0.3) is 0 Å². The van der Waals surface area contributed by atoms with Crippen LogP contribution in [0.5, 0.6) is 0 Å². The van der Waals surface area contributed by atoms with E-state index in [4.69, 9.17) is 21.8 Å². The van der Waals surface area contributed by atoms with Crippen molar-refractivity contribution in [1.82, 2.24) is 9.80 Å². The minimum absolute atomic E-state index is 0.00451. The molecular weight excluding hydrogens is 414 g/mol. The standard InChI is InChI=1S/C14H14BrClF2N2O4/c15-10-9(16)5-8(11(17)12(10)18)13(22)20-3-2-19(14(23)24)6-7(20)1-4-21/h5,7,21H,1-4,6H2,(H,23,24)/t7-/m0/s1. The van der Waals surface area contributed by atoms with Gasteiger partial charge in [0.05, 0.1) is 21.1 Å². The highest BCUT2D eigenvalue weighted by Gasteiger charge is 2.34.